The first-order chi connectivity index (χ1) is 13.1. The van der Waals surface area contributed by atoms with Gasteiger partial charge in [-0.3, -0.25) is 4.79 Å². The van der Waals surface area contributed by atoms with Crippen LogP contribution in [0.4, 0.5) is 5.69 Å². The number of carbonyl (C=O) groups is 1. The van der Waals surface area contributed by atoms with Crippen LogP contribution in [-0.2, 0) is 4.79 Å². The van der Waals surface area contributed by atoms with Crippen molar-refractivity contribution in [2.75, 3.05) is 19.1 Å². The number of hydrogen-bond acceptors (Lipinski definition) is 6. The van der Waals surface area contributed by atoms with Crippen LogP contribution in [0.3, 0.4) is 0 Å². The Morgan fingerprint density at radius 2 is 1.96 bits per heavy atom. The number of nitrogens with zero attached hydrogens (tertiary/aromatic N) is 1. The Morgan fingerprint density at radius 3 is 2.70 bits per heavy atom. The van der Waals surface area contributed by atoms with E-state index in [1.165, 1.54) is 0 Å². The van der Waals surface area contributed by atoms with Gasteiger partial charge in [-0.05, 0) is 37.1 Å². The van der Waals surface area contributed by atoms with Gasteiger partial charge in [0.1, 0.15) is 5.75 Å². The smallest absolute Gasteiger partial charge is 0.314 e. The normalized spacial score (nSPS) is 18.0. The van der Waals surface area contributed by atoms with Crippen LogP contribution < -0.4 is 19.1 Å². The Labute approximate surface area is 157 Å². The molecule has 0 amide bonds. The number of carbonyl (C=O) groups excluding carboxylic acids is 1. The molecule has 1 aliphatic heterocycles. The number of fused-ring (bicyclic) bond motifs is 1. The van der Waals surface area contributed by atoms with Crippen molar-refractivity contribution in [1.29, 1.82) is 0 Å². The summed E-state index contributed by atoms with van der Waals surface area (Å²) in [5, 5.41) is 10.0. The number of rotatable bonds is 5. The molecule has 1 heterocycles. The zero-order chi connectivity index (χ0) is 19.0. The van der Waals surface area contributed by atoms with E-state index in [4.69, 9.17) is 14.2 Å². The lowest BCUT2D eigenvalue weighted by Crippen LogP contribution is -2.25. The highest BCUT2D eigenvalue weighted by Gasteiger charge is 2.32. The molecule has 2 aromatic rings. The third-order valence-corrected chi connectivity index (χ3v) is 4.73. The van der Waals surface area contributed by atoms with Gasteiger partial charge in [0.05, 0.1) is 18.7 Å². The van der Waals surface area contributed by atoms with Gasteiger partial charge in [-0.1, -0.05) is 12.1 Å². The van der Waals surface area contributed by atoms with Gasteiger partial charge in [0.2, 0.25) is 6.29 Å². The molecular weight excluding hydrogens is 346 g/mol. The summed E-state index contributed by atoms with van der Waals surface area (Å²) < 4.78 is 16.3. The SMILES string of the molecule is COc1ccc(N(C)C2=CC(O)Oc3ccccc32)cc1OC(=O)C1CC1. The Hall–Kier alpha value is -2.99. The highest BCUT2D eigenvalue weighted by Crippen LogP contribution is 2.39. The third kappa shape index (κ3) is 3.48. The van der Waals surface area contributed by atoms with E-state index in [0.717, 1.165) is 29.8 Å². The van der Waals surface area contributed by atoms with E-state index in [0.29, 0.717) is 17.2 Å². The number of hydrogen-bond donors (Lipinski definition) is 1. The van der Waals surface area contributed by atoms with Crippen LogP contribution in [0.1, 0.15) is 18.4 Å². The fourth-order valence-corrected chi connectivity index (χ4v) is 3.07. The molecule has 1 saturated carbocycles. The average molecular weight is 367 g/mol. The fourth-order valence-electron chi connectivity index (χ4n) is 3.07. The van der Waals surface area contributed by atoms with Crippen molar-refractivity contribution >= 4 is 17.4 Å². The average Bonchev–Trinajstić information content (AvgIpc) is 3.52. The van der Waals surface area contributed by atoms with E-state index < -0.39 is 6.29 Å². The van der Waals surface area contributed by atoms with Crippen molar-refractivity contribution in [2.24, 2.45) is 5.92 Å². The molecule has 1 atom stereocenters. The lowest BCUT2D eigenvalue weighted by atomic mass is 10.1. The molecule has 1 fully saturated rings. The van der Waals surface area contributed by atoms with Crippen LogP contribution in [0.25, 0.3) is 5.70 Å². The summed E-state index contributed by atoms with van der Waals surface area (Å²) in [5.74, 6) is 1.28. The molecule has 0 bridgehead atoms. The number of para-hydroxylation sites is 1. The molecule has 0 radical (unpaired) electrons. The van der Waals surface area contributed by atoms with Crippen molar-refractivity contribution in [3.63, 3.8) is 0 Å². The number of ether oxygens (including phenoxy) is 3. The highest BCUT2D eigenvalue weighted by molar-refractivity contribution is 5.84. The molecule has 1 aliphatic carbocycles. The maximum Gasteiger partial charge on any atom is 0.314 e. The van der Waals surface area contributed by atoms with Crippen molar-refractivity contribution < 1.29 is 24.1 Å². The summed E-state index contributed by atoms with van der Waals surface area (Å²) in [5.41, 5.74) is 2.47. The molecule has 0 spiro atoms. The Morgan fingerprint density at radius 1 is 1.19 bits per heavy atom. The summed E-state index contributed by atoms with van der Waals surface area (Å²) in [6, 6.07) is 12.9. The van der Waals surface area contributed by atoms with Crippen molar-refractivity contribution in [3.8, 4) is 17.2 Å². The van der Waals surface area contributed by atoms with Gasteiger partial charge in [-0.25, -0.2) is 0 Å². The molecule has 0 aromatic heterocycles. The topological polar surface area (TPSA) is 68.2 Å². The molecule has 1 N–H and O–H groups in total. The molecule has 27 heavy (non-hydrogen) atoms. The number of methoxy groups -OCH3 is 1. The lowest BCUT2D eigenvalue weighted by Gasteiger charge is -2.29. The van der Waals surface area contributed by atoms with E-state index in [9.17, 15) is 9.90 Å². The molecule has 2 aliphatic rings. The summed E-state index contributed by atoms with van der Waals surface area (Å²) in [4.78, 5) is 14.0. The summed E-state index contributed by atoms with van der Waals surface area (Å²) >= 11 is 0. The lowest BCUT2D eigenvalue weighted by molar-refractivity contribution is -0.135. The van der Waals surface area contributed by atoms with Crippen LogP contribution in [0.2, 0.25) is 0 Å². The molecule has 6 heteroatoms. The van der Waals surface area contributed by atoms with Crippen molar-refractivity contribution in [2.45, 2.75) is 19.1 Å². The van der Waals surface area contributed by atoms with Crippen molar-refractivity contribution in [1.82, 2.24) is 0 Å². The van der Waals surface area contributed by atoms with E-state index >= 15 is 0 Å². The standard InChI is InChI=1S/C21H21NO5/c1-22(16-12-20(23)26-17-6-4-3-5-15(16)17)14-9-10-18(25-2)19(11-14)27-21(24)13-7-8-13/h3-6,9-13,20,23H,7-8H2,1-2H3. The van der Waals surface area contributed by atoms with Gasteiger partial charge in [-0.2, -0.15) is 0 Å². The monoisotopic (exact) mass is 367 g/mol. The van der Waals surface area contributed by atoms with Crippen molar-refractivity contribution in [3.05, 3.63) is 54.1 Å². The maximum atomic E-state index is 12.1. The molecule has 6 nitrogen and oxygen atoms in total. The molecule has 1 unspecified atom stereocenters. The first-order valence-corrected chi connectivity index (χ1v) is 8.86. The summed E-state index contributed by atoms with van der Waals surface area (Å²) in [7, 11) is 3.43. The van der Waals surface area contributed by atoms with Gasteiger partial charge in [-0.15, -0.1) is 0 Å². The molecular formula is C21H21NO5. The van der Waals surface area contributed by atoms with Crippen LogP contribution in [0.15, 0.2) is 48.5 Å². The van der Waals surface area contributed by atoms with E-state index in [-0.39, 0.29) is 11.9 Å². The minimum absolute atomic E-state index is 0.00341. The second-order valence-corrected chi connectivity index (χ2v) is 6.65. The predicted octanol–water partition coefficient (Wildman–Crippen LogP) is 3.20. The van der Waals surface area contributed by atoms with Gasteiger partial charge in [0.15, 0.2) is 11.5 Å². The van der Waals surface area contributed by atoms with Crippen LogP contribution >= 0.6 is 0 Å². The second kappa shape index (κ2) is 6.96. The summed E-state index contributed by atoms with van der Waals surface area (Å²) in [6.07, 6.45) is 2.37. The Balaban J connectivity index is 1.67. The van der Waals surface area contributed by atoms with E-state index in [2.05, 4.69) is 0 Å². The zero-order valence-corrected chi connectivity index (χ0v) is 15.2. The first-order valence-electron chi connectivity index (χ1n) is 8.86. The van der Waals surface area contributed by atoms with Gasteiger partial charge < -0.3 is 24.2 Å². The number of anilines is 1. The second-order valence-electron chi connectivity index (χ2n) is 6.65. The van der Waals surface area contributed by atoms with Crippen LogP contribution in [0, 0.1) is 5.92 Å². The molecule has 0 saturated heterocycles. The third-order valence-electron chi connectivity index (χ3n) is 4.73. The first kappa shape index (κ1) is 17.4. The zero-order valence-electron chi connectivity index (χ0n) is 15.2. The minimum Gasteiger partial charge on any atom is -0.493 e. The number of aliphatic hydroxyl groups is 1. The van der Waals surface area contributed by atoms with Crippen LogP contribution in [0.5, 0.6) is 17.2 Å². The molecule has 140 valence electrons. The van der Waals surface area contributed by atoms with Gasteiger partial charge in [0, 0.05) is 30.4 Å². The number of benzene rings is 2. The Kier molecular flexibility index (Phi) is 4.49. The van der Waals surface area contributed by atoms with E-state index in [1.807, 2.05) is 42.3 Å². The quantitative estimate of drug-likeness (QED) is 0.647. The summed E-state index contributed by atoms with van der Waals surface area (Å²) in [6.45, 7) is 0. The largest absolute Gasteiger partial charge is 0.493 e. The predicted molar refractivity (Wildman–Crippen MR) is 101 cm³/mol. The van der Waals surface area contributed by atoms with Gasteiger partial charge in [0.25, 0.3) is 0 Å². The number of aliphatic hydroxyl groups excluding tert-OH is 1. The van der Waals surface area contributed by atoms with Crippen LogP contribution in [-0.4, -0.2) is 31.5 Å². The van der Waals surface area contributed by atoms with E-state index in [1.54, 1.807) is 25.3 Å². The fraction of sp³-hybridized carbons (Fsp3) is 0.286. The molecule has 4 rings (SSSR count). The Bertz CT molecular complexity index is 903. The van der Waals surface area contributed by atoms with Gasteiger partial charge >= 0.3 is 5.97 Å². The maximum absolute atomic E-state index is 12.1. The highest BCUT2D eigenvalue weighted by atomic mass is 16.6. The number of esters is 1. The molecule has 2 aromatic carbocycles. The minimum atomic E-state index is -1.03.